The number of carbonyl (C=O) groups is 1. The standard InChI is InChI=1S/C21H19NO4/c1-24-19-10-6-9-17(16-11-12-22-13-18(16)21(23)25-2)20(19)26-14-15-7-4-3-5-8-15/h3-13H,14H2,1-2H3. The first kappa shape index (κ1) is 17.5. The smallest absolute Gasteiger partial charge is 0.340 e. The summed E-state index contributed by atoms with van der Waals surface area (Å²) in [6.45, 7) is 0.382. The third kappa shape index (κ3) is 3.67. The van der Waals surface area contributed by atoms with Gasteiger partial charge in [0.15, 0.2) is 11.5 Å². The molecule has 0 bridgehead atoms. The normalized spacial score (nSPS) is 10.2. The minimum Gasteiger partial charge on any atom is -0.493 e. The second-order valence-corrected chi connectivity index (χ2v) is 5.52. The second kappa shape index (κ2) is 8.16. The fourth-order valence-electron chi connectivity index (χ4n) is 2.67. The number of carbonyl (C=O) groups excluding carboxylic acids is 1. The summed E-state index contributed by atoms with van der Waals surface area (Å²) in [5, 5.41) is 0. The summed E-state index contributed by atoms with van der Waals surface area (Å²) in [7, 11) is 2.93. The van der Waals surface area contributed by atoms with Crippen molar-refractivity contribution in [1.29, 1.82) is 0 Å². The van der Waals surface area contributed by atoms with E-state index in [0.717, 1.165) is 11.1 Å². The molecule has 0 aliphatic carbocycles. The molecule has 0 unspecified atom stereocenters. The number of para-hydroxylation sites is 1. The number of nitrogens with zero attached hydrogens (tertiary/aromatic N) is 1. The van der Waals surface area contributed by atoms with Crippen LogP contribution < -0.4 is 9.47 Å². The lowest BCUT2D eigenvalue weighted by atomic mass is 10.0. The van der Waals surface area contributed by atoms with Crippen molar-refractivity contribution in [1.82, 2.24) is 4.98 Å². The Hall–Kier alpha value is -3.34. The van der Waals surface area contributed by atoms with Gasteiger partial charge in [-0.3, -0.25) is 4.98 Å². The molecule has 0 amide bonds. The number of hydrogen-bond acceptors (Lipinski definition) is 5. The maximum absolute atomic E-state index is 12.1. The number of rotatable bonds is 6. The quantitative estimate of drug-likeness (QED) is 0.627. The SMILES string of the molecule is COC(=O)c1cnccc1-c1cccc(OC)c1OCc1ccccc1. The third-order valence-electron chi connectivity index (χ3n) is 3.94. The van der Waals surface area contributed by atoms with Gasteiger partial charge in [0.2, 0.25) is 0 Å². The van der Waals surface area contributed by atoms with Gasteiger partial charge in [-0.05, 0) is 17.7 Å². The van der Waals surface area contributed by atoms with Gasteiger partial charge < -0.3 is 14.2 Å². The van der Waals surface area contributed by atoms with Gasteiger partial charge in [-0.2, -0.15) is 0 Å². The van der Waals surface area contributed by atoms with E-state index in [0.29, 0.717) is 29.2 Å². The monoisotopic (exact) mass is 349 g/mol. The summed E-state index contributed by atoms with van der Waals surface area (Å²) in [5.41, 5.74) is 2.82. The Morgan fingerprint density at radius 3 is 2.50 bits per heavy atom. The first-order chi connectivity index (χ1) is 12.7. The fourth-order valence-corrected chi connectivity index (χ4v) is 2.67. The largest absolute Gasteiger partial charge is 0.493 e. The average molecular weight is 349 g/mol. The number of benzene rings is 2. The van der Waals surface area contributed by atoms with E-state index in [-0.39, 0.29) is 0 Å². The highest BCUT2D eigenvalue weighted by molar-refractivity contribution is 5.98. The molecule has 1 heterocycles. The molecular formula is C21H19NO4. The van der Waals surface area contributed by atoms with Crippen LogP contribution in [0.1, 0.15) is 15.9 Å². The molecule has 3 aromatic rings. The van der Waals surface area contributed by atoms with Crippen molar-refractivity contribution in [2.75, 3.05) is 14.2 Å². The summed E-state index contributed by atoms with van der Waals surface area (Å²) in [6.07, 6.45) is 3.11. The Labute approximate surface area is 152 Å². The second-order valence-electron chi connectivity index (χ2n) is 5.52. The van der Waals surface area contributed by atoms with Crippen LogP contribution in [0.5, 0.6) is 11.5 Å². The third-order valence-corrected chi connectivity index (χ3v) is 3.94. The summed E-state index contributed by atoms with van der Waals surface area (Å²) < 4.78 is 16.4. The van der Waals surface area contributed by atoms with Crippen LogP contribution in [0.25, 0.3) is 11.1 Å². The van der Waals surface area contributed by atoms with Crippen molar-refractivity contribution >= 4 is 5.97 Å². The summed E-state index contributed by atoms with van der Waals surface area (Å²) in [6, 6.07) is 17.2. The van der Waals surface area contributed by atoms with Crippen LogP contribution in [0.4, 0.5) is 0 Å². The molecule has 2 aromatic carbocycles. The molecular weight excluding hydrogens is 330 g/mol. The molecule has 132 valence electrons. The molecule has 0 saturated heterocycles. The lowest BCUT2D eigenvalue weighted by Crippen LogP contribution is -2.05. The molecule has 0 spiro atoms. The summed E-state index contributed by atoms with van der Waals surface area (Å²) in [5.74, 6) is 0.700. The molecule has 0 radical (unpaired) electrons. The van der Waals surface area contributed by atoms with Crippen LogP contribution in [-0.2, 0) is 11.3 Å². The molecule has 0 N–H and O–H groups in total. The maximum atomic E-state index is 12.1. The predicted molar refractivity (Wildman–Crippen MR) is 98.3 cm³/mol. The molecule has 1 aromatic heterocycles. The van der Waals surface area contributed by atoms with E-state index in [4.69, 9.17) is 14.2 Å². The molecule has 0 aliphatic rings. The Morgan fingerprint density at radius 1 is 0.962 bits per heavy atom. The zero-order valence-corrected chi connectivity index (χ0v) is 14.6. The first-order valence-electron chi connectivity index (χ1n) is 8.11. The van der Waals surface area contributed by atoms with Crippen LogP contribution in [0.3, 0.4) is 0 Å². The highest BCUT2D eigenvalue weighted by Gasteiger charge is 2.19. The van der Waals surface area contributed by atoms with E-state index in [1.807, 2.05) is 48.5 Å². The van der Waals surface area contributed by atoms with Gasteiger partial charge in [-0.1, -0.05) is 42.5 Å². The van der Waals surface area contributed by atoms with Crippen LogP contribution >= 0.6 is 0 Å². The van der Waals surface area contributed by atoms with Crippen LogP contribution in [-0.4, -0.2) is 25.2 Å². The van der Waals surface area contributed by atoms with Gasteiger partial charge in [0.25, 0.3) is 0 Å². The van der Waals surface area contributed by atoms with Gasteiger partial charge in [0, 0.05) is 23.5 Å². The Kier molecular flexibility index (Phi) is 5.49. The number of hydrogen-bond donors (Lipinski definition) is 0. The number of aromatic nitrogens is 1. The van der Waals surface area contributed by atoms with E-state index in [9.17, 15) is 4.79 Å². The van der Waals surface area contributed by atoms with E-state index in [1.165, 1.54) is 13.3 Å². The van der Waals surface area contributed by atoms with Gasteiger partial charge in [-0.15, -0.1) is 0 Å². The number of ether oxygens (including phenoxy) is 3. The lowest BCUT2D eigenvalue weighted by Gasteiger charge is -2.16. The molecule has 3 rings (SSSR count). The average Bonchev–Trinajstić information content (AvgIpc) is 2.72. The van der Waals surface area contributed by atoms with E-state index < -0.39 is 5.97 Å². The molecule has 5 nitrogen and oxygen atoms in total. The van der Waals surface area contributed by atoms with E-state index in [2.05, 4.69) is 4.98 Å². The Bertz CT molecular complexity index is 894. The lowest BCUT2D eigenvalue weighted by molar-refractivity contribution is 0.0601. The van der Waals surface area contributed by atoms with Gasteiger partial charge in [0.1, 0.15) is 6.61 Å². The number of esters is 1. The first-order valence-corrected chi connectivity index (χ1v) is 8.11. The fraction of sp³-hybridized carbons (Fsp3) is 0.143. The molecule has 0 fully saturated rings. The molecule has 0 aliphatic heterocycles. The van der Waals surface area contributed by atoms with Crippen LogP contribution in [0, 0.1) is 0 Å². The minimum atomic E-state index is -0.454. The van der Waals surface area contributed by atoms with E-state index >= 15 is 0 Å². The van der Waals surface area contributed by atoms with Gasteiger partial charge in [-0.25, -0.2) is 4.79 Å². The van der Waals surface area contributed by atoms with Crippen molar-refractivity contribution < 1.29 is 19.0 Å². The predicted octanol–water partition coefficient (Wildman–Crippen LogP) is 4.12. The highest BCUT2D eigenvalue weighted by atomic mass is 16.5. The van der Waals surface area contributed by atoms with Crippen LogP contribution in [0.2, 0.25) is 0 Å². The number of pyridine rings is 1. The number of methoxy groups -OCH3 is 2. The van der Waals surface area contributed by atoms with E-state index in [1.54, 1.807) is 19.4 Å². The van der Waals surface area contributed by atoms with Crippen molar-refractivity contribution in [2.24, 2.45) is 0 Å². The topological polar surface area (TPSA) is 57.7 Å². The molecule has 0 saturated carbocycles. The zero-order valence-electron chi connectivity index (χ0n) is 14.6. The zero-order chi connectivity index (χ0) is 18.4. The van der Waals surface area contributed by atoms with Crippen molar-refractivity contribution in [2.45, 2.75) is 6.61 Å². The van der Waals surface area contributed by atoms with Gasteiger partial charge >= 0.3 is 5.97 Å². The Morgan fingerprint density at radius 2 is 1.77 bits per heavy atom. The van der Waals surface area contributed by atoms with Crippen molar-refractivity contribution in [3.63, 3.8) is 0 Å². The molecule has 26 heavy (non-hydrogen) atoms. The minimum absolute atomic E-state index is 0.368. The maximum Gasteiger partial charge on any atom is 0.340 e. The summed E-state index contributed by atoms with van der Waals surface area (Å²) >= 11 is 0. The summed E-state index contributed by atoms with van der Waals surface area (Å²) in [4.78, 5) is 16.2. The Balaban J connectivity index is 2.04. The van der Waals surface area contributed by atoms with Crippen molar-refractivity contribution in [3.05, 3.63) is 78.1 Å². The molecule has 5 heteroatoms. The van der Waals surface area contributed by atoms with Gasteiger partial charge in [0.05, 0.1) is 19.8 Å². The molecule has 0 atom stereocenters. The van der Waals surface area contributed by atoms with Crippen molar-refractivity contribution in [3.8, 4) is 22.6 Å². The van der Waals surface area contributed by atoms with Crippen LogP contribution in [0.15, 0.2) is 67.0 Å². The highest BCUT2D eigenvalue weighted by Crippen LogP contribution is 2.39.